The van der Waals surface area contributed by atoms with Gasteiger partial charge in [-0.25, -0.2) is 8.42 Å². The van der Waals surface area contributed by atoms with Gasteiger partial charge in [-0.2, -0.15) is 4.31 Å². The van der Waals surface area contributed by atoms with Crippen molar-refractivity contribution in [2.45, 2.75) is 48.0 Å². The summed E-state index contributed by atoms with van der Waals surface area (Å²) in [6.45, 7) is 0.393. The highest BCUT2D eigenvalue weighted by molar-refractivity contribution is 7.91. The quantitative estimate of drug-likeness (QED) is 0.923. The molecule has 0 radical (unpaired) electrons. The van der Waals surface area contributed by atoms with Crippen molar-refractivity contribution >= 4 is 21.4 Å². The fourth-order valence-electron chi connectivity index (χ4n) is 3.55. The molecule has 7 heteroatoms. The third kappa shape index (κ3) is 1.91. The lowest BCUT2D eigenvalue weighted by atomic mass is 9.93. The minimum absolute atomic E-state index is 0.250. The van der Waals surface area contributed by atoms with Crippen LogP contribution in [0.1, 0.15) is 32.1 Å². The zero-order valence-corrected chi connectivity index (χ0v) is 13.0. The molecule has 112 valence electrons. The van der Waals surface area contributed by atoms with Crippen LogP contribution in [0.4, 0.5) is 0 Å². The van der Waals surface area contributed by atoms with Crippen molar-refractivity contribution in [1.29, 1.82) is 0 Å². The number of ether oxygens (including phenoxy) is 1. The Morgan fingerprint density at radius 1 is 1.45 bits per heavy atom. The number of hydrogen-bond donors (Lipinski definition) is 1. The van der Waals surface area contributed by atoms with Crippen LogP contribution in [0.25, 0.3) is 0 Å². The van der Waals surface area contributed by atoms with Crippen LogP contribution in [-0.4, -0.2) is 43.1 Å². The lowest BCUT2D eigenvalue weighted by Gasteiger charge is -2.36. The van der Waals surface area contributed by atoms with Gasteiger partial charge >= 0.3 is 0 Å². The third-order valence-corrected chi connectivity index (χ3v) is 7.94. The van der Waals surface area contributed by atoms with Crippen LogP contribution in [0.3, 0.4) is 0 Å². The molecule has 0 unspecified atom stereocenters. The fraction of sp³-hybridized carbons (Fsp3) is 0.692. The topological polar surface area (TPSA) is 66.8 Å². The van der Waals surface area contributed by atoms with Crippen molar-refractivity contribution in [2.24, 2.45) is 0 Å². The maximum Gasteiger partial charge on any atom is 0.256 e. The number of sulfonamides is 1. The van der Waals surface area contributed by atoms with E-state index in [-0.39, 0.29) is 4.21 Å². The molecule has 2 fully saturated rings. The van der Waals surface area contributed by atoms with Gasteiger partial charge in [0.05, 0.1) is 18.8 Å². The lowest BCUT2D eigenvalue weighted by Crippen LogP contribution is -2.50. The van der Waals surface area contributed by atoms with Crippen molar-refractivity contribution in [2.75, 3.05) is 13.7 Å². The maximum absolute atomic E-state index is 12.9. The van der Waals surface area contributed by atoms with Gasteiger partial charge in [0.15, 0.2) is 4.21 Å². The van der Waals surface area contributed by atoms with Crippen LogP contribution in [0.5, 0.6) is 5.75 Å². The Balaban J connectivity index is 2.03. The number of methoxy groups -OCH3 is 1. The molecular formula is C13H19NO4S2. The van der Waals surface area contributed by atoms with Crippen molar-refractivity contribution in [3.8, 4) is 5.75 Å². The summed E-state index contributed by atoms with van der Waals surface area (Å²) in [4.78, 5) is 0. The predicted molar refractivity (Wildman–Crippen MR) is 76.6 cm³/mol. The number of aliphatic hydroxyl groups excluding tert-OH is 1. The van der Waals surface area contributed by atoms with Crippen molar-refractivity contribution in [1.82, 2.24) is 4.31 Å². The molecular weight excluding hydrogens is 298 g/mol. The van der Waals surface area contributed by atoms with Gasteiger partial charge in [0.1, 0.15) is 5.75 Å². The van der Waals surface area contributed by atoms with E-state index in [9.17, 15) is 13.5 Å². The Kier molecular flexibility index (Phi) is 3.56. The van der Waals surface area contributed by atoms with E-state index in [2.05, 4.69) is 0 Å². The monoisotopic (exact) mass is 317 g/mol. The van der Waals surface area contributed by atoms with Gasteiger partial charge in [-0.1, -0.05) is 12.8 Å². The van der Waals surface area contributed by atoms with E-state index < -0.39 is 21.7 Å². The molecule has 1 N–H and O–H groups in total. The molecule has 1 saturated carbocycles. The first-order valence-electron chi connectivity index (χ1n) is 6.85. The molecule has 2 heterocycles. The van der Waals surface area contributed by atoms with Crippen molar-refractivity contribution in [3.63, 3.8) is 0 Å². The highest BCUT2D eigenvalue weighted by atomic mass is 32.2. The Bertz CT molecular complexity index is 589. The minimum Gasteiger partial charge on any atom is -0.494 e. The molecule has 1 aromatic heterocycles. The lowest BCUT2D eigenvalue weighted by molar-refractivity contribution is 0.0688. The van der Waals surface area contributed by atoms with Crippen LogP contribution in [0.2, 0.25) is 0 Å². The van der Waals surface area contributed by atoms with Crippen LogP contribution in [-0.2, 0) is 10.0 Å². The number of aliphatic hydroxyl groups is 1. The molecule has 1 saturated heterocycles. The summed E-state index contributed by atoms with van der Waals surface area (Å²) in [7, 11) is -2.12. The largest absolute Gasteiger partial charge is 0.494 e. The normalized spacial score (nSPS) is 26.4. The van der Waals surface area contributed by atoms with Gasteiger partial charge in [0.2, 0.25) is 0 Å². The van der Waals surface area contributed by atoms with Gasteiger partial charge < -0.3 is 9.84 Å². The molecule has 1 atom stereocenters. The number of nitrogens with zero attached hydrogens (tertiary/aromatic N) is 1. The first-order chi connectivity index (χ1) is 9.52. The van der Waals surface area contributed by atoms with E-state index in [1.165, 1.54) is 22.8 Å². The summed E-state index contributed by atoms with van der Waals surface area (Å²) < 4.78 is 32.8. The summed E-state index contributed by atoms with van der Waals surface area (Å²) in [5, 5.41) is 12.0. The molecule has 20 heavy (non-hydrogen) atoms. The molecule has 2 aliphatic rings. The first kappa shape index (κ1) is 14.3. The van der Waals surface area contributed by atoms with Crippen LogP contribution >= 0.6 is 11.3 Å². The molecule has 0 aromatic carbocycles. The van der Waals surface area contributed by atoms with E-state index in [1.807, 2.05) is 0 Å². The van der Waals surface area contributed by atoms with E-state index in [0.717, 1.165) is 25.7 Å². The molecule has 1 aromatic rings. The van der Waals surface area contributed by atoms with Gasteiger partial charge in [-0.3, -0.25) is 0 Å². The third-order valence-electron chi connectivity index (χ3n) is 4.53. The summed E-state index contributed by atoms with van der Waals surface area (Å²) in [6, 6.07) is 1.67. The van der Waals surface area contributed by atoms with Crippen LogP contribution < -0.4 is 4.74 Å². The minimum atomic E-state index is -3.60. The Morgan fingerprint density at radius 2 is 2.15 bits per heavy atom. The molecule has 3 rings (SSSR count). The number of hydrogen-bond acceptors (Lipinski definition) is 5. The standard InChI is InChI=1S/C13H19NO4S2/c1-18-10-5-9-19-12(10)20(16,17)14-8-4-11(15)13(14)6-2-3-7-13/h5,9,11,15H,2-4,6-8H2,1H3/t11-/m0/s1. The summed E-state index contributed by atoms with van der Waals surface area (Å²) >= 11 is 1.18. The second kappa shape index (κ2) is 4.98. The van der Waals surface area contributed by atoms with Gasteiger partial charge in [0.25, 0.3) is 10.0 Å². The second-order valence-electron chi connectivity index (χ2n) is 5.47. The first-order valence-corrected chi connectivity index (χ1v) is 9.17. The molecule has 5 nitrogen and oxygen atoms in total. The zero-order chi connectivity index (χ0) is 14.4. The number of rotatable bonds is 3. The zero-order valence-electron chi connectivity index (χ0n) is 11.4. The van der Waals surface area contributed by atoms with E-state index in [1.54, 1.807) is 11.4 Å². The molecule has 0 amide bonds. The summed E-state index contributed by atoms with van der Waals surface area (Å²) in [5.41, 5.74) is -0.589. The van der Waals surface area contributed by atoms with Crippen LogP contribution in [0, 0.1) is 0 Å². The number of thiophene rings is 1. The summed E-state index contributed by atoms with van der Waals surface area (Å²) in [6.07, 6.45) is 3.43. The van der Waals surface area contributed by atoms with Crippen LogP contribution in [0.15, 0.2) is 15.7 Å². The van der Waals surface area contributed by atoms with E-state index in [4.69, 9.17) is 4.74 Å². The fourth-order valence-corrected chi connectivity index (χ4v) is 6.79. The molecule has 0 bridgehead atoms. The van der Waals surface area contributed by atoms with Gasteiger partial charge in [0, 0.05) is 6.54 Å². The van der Waals surface area contributed by atoms with Crippen molar-refractivity contribution < 1.29 is 18.3 Å². The smallest absolute Gasteiger partial charge is 0.256 e. The average Bonchev–Trinajstić information content (AvgIpc) is 3.13. The Hall–Kier alpha value is -0.630. The molecule has 1 spiro atoms. The highest BCUT2D eigenvalue weighted by Gasteiger charge is 2.55. The van der Waals surface area contributed by atoms with Gasteiger partial charge in [-0.05, 0) is 30.7 Å². The second-order valence-corrected chi connectivity index (χ2v) is 8.44. The Labute approximate surface area is 123 Å². The SMILES string of the molecule is COc1ccsc1S(=O)(=O)N1CC[C@H](O)C12CCCC2. The highest BCUT2D eigenvalue weighted by Crippen LogP contribution is 2.47. The van der Waals surface area contributed by atoms with Gasteiger partial charge in [-0.15, -0.1) is 11.3 Å². The maximum atomic E-state index is 12.9. The Morgan fingerprint density at radius 3 is 2.80 bits per heavy atom. The van der Waals surface area contributed by atoms with E-state index >= 15 is 0 Å². The molecule has 1 aliphatic heterocycles. The average molecular weight is 317 g/mol. The summed E-state index contributed by atoms with van der Waals surface area (Å²) in [5.74, 6) is 0.393. The predicted octanol–water partition coefficient (Wildman–Crippen LogP) is 1.82. The van der Waals surface area contributed by atoms with E-state index in [0.29, 0.717) is 18.7 Å². The van der Waals surface area contributed by atoms with Crippen molar-refractivity contribution in [3.05, 3.63) is 11.4 Å². The molecule has 1 aliphatic carbocycles.